The van der Waals surface area contributed by atoms with Crippen molar-refractivity contribution in [1.82, 2.24) is 10.3 Å². The van der Waals surface area contributed by atoms with E-state index in [0.29, 0.717) is 13.2 Å². The molecule has 0 aliphatic rings. The molecule has 0 radical (unpaired) electrons. The van der Waals surface area contributed by atoms with Crippen molar-refractivity contribution in [2.45, 2.75) is 19.9 Å². The molecular weight excluding hydrogens is 254 g/mol. The van der Waals surface area contributed by atoms with E-state index < -0.39 is 0 Å². The van der Waals surface area contributed by atoms with Gasteiger partial charge in [0.15, 0.2) is 0 Å². The molecule has 0 spiro atoms. The monoisotopic (exact) mass is 281 g/mol. The highest BCUT2D eigenvalue weighted by Crippen LogP contribution is 2.23. The fourth-order valence-electron chi connectivity index (χ4n) is 2.15. The zero-order valence-electron chi connectivity index (χ0n) is 13.1. The molecule has 1 rings (SSSR count). The van der Waals surface area contributed by atoms with Crippen LogP contribution in [0.5, 0.6) is 0 Å². The Morgan fingerprint density at radius 1 is 1.25 bits per heavy atom. The number of rotatable bonds is 10. The van der Waals surface area contributed by atoms with E-state index in [-0.39, 0.29) is 6.04 Å². The zero-order chi connectivity index (χ0) is 14.8. The summed E-state index contributed by atoms with van der Waals surface area (Å²) in [6.07, 6.45) is 1.84. The molecule has 0 aliphatic carbocycles. The van der Waals surface area contributed by atoms with E-state index in [2.05, 4.69) is 35.1 Å². The molecule has 0 fully saturated rings. The molecule has 20 heavy (non-hydrogen) atoms. The molecule has 1 unspecified atom stereocenters. The zero-order valence-corrected chi connectivity index (χ0v) is 13.1. The maximum absolute atomic E-state index is 5.20. The van der Waals surface area contributed by atoms with E-state index in [4.69, 9.17) is 9.47 Å². The standard InChI is InChI=1S/C15H27N3O2/c1-5-16-13(2)14-7-6-8-17-15(14)18(9-11-19-3)10-12-20-4/h6-8,13,16H,5,9-12H2,1-4H3. The van der Waals surface area contributed by atoms with Gasteiger partial charge in [0, 0.05) is 45.1 Å². The van der Waals surface area contributed by atoms with Crippen LogP contribution < -0.4 is 10.2 Å². The van der Waals surface area contributed by atoms with E-state index in [1.165, 1.54) is 5.56 Å². The number of aromatic nitrogens is 1. The van der Waals surface area contributed by atoms with E-state index in [9.17, 15) is 0 Å². The fourth-order valence-corrected chi connectivity index (χ4v) is 2.15. The molecule has 0 bridgehead atoms. The van der Waals surface area contributed by atoms with Gasteiger partial charge in [-0.25, -0.2) is 4.98 Å². The molecule has 1 atom stereocenters. The van der Waals surface area contributed by atoms with E-state index in [1.807, 2.05) is 12.3 Å². The summed E-state index contributed by atoms with van der Waals surface area (Å²) in [5.41, 5.74) is 1.21. The number of hydrogen-bond acceptors (Lipinski definition) is 5. The Morgan fingerprint density at radius 3 is 2.45 bits per heavy atom. The van der Waals surface area contributed by atoms with Crippen LogP contribution in [0.2, 0.25) is 0 Å². The molecule has 1 N–H and O–H groups in total. The van der Waals surface area contributed by atoms with Crippen molar-refractivity contribution >= 4 is 5.82 Å². The lowest BCUT2D eigenvalue weighted by molar-refractivity contribution is 0.190. The summed E-state index contributed by atoms with van der Waals surface area (Å²) in [7, 11) is 3.43. The predicted octanol–water partition coefficient (Wildman–Crippen LogP) is 1.85. The molecule has 1 heterocycles. The van der Waals surface area contributed by atoms with Crippen LogP contribution in [0, 0.1) is 0 Å². The van der Waals surface area contributed by atoms with E-state index in [1.54, 1.807) is 14.2 Å². The molecule has 0 aromatic carbocycles. The lowest BCUT2D eigenvalue weighted by Gasteiger charge is -2.27. The first kappa shape index (κ1) is 16.9. The van der Waals surface area contributed by atoms with Crippen LogP contribution >= 0.6 is 0 Å². The number of nitrogens with zero attached hydrogens (tertiary/aromatic N) is 2. The minimum absolute atomic E-state index is 0.274. The minimum Gasteiger partial charge on any atom is -0.383 e. The largest absolute Gasteiger partial charge is 0.383 e. The average molecular weight is 281 g/mol. The van der Waals surface area contributed by atoms with Crippen LogP contribution in [-0.2, 0) is 9.47 Å². The normalized spacial score (nSPS) is 12.4. The summed E-state index contributed by atoms with van der Waals surface area (Å²) in [4.78, 5) is 6.78. The van der Waals surface area contributed by atoms with Crippen molar-refractivity contribution in [2.24, 2.45) is 0 Å². The summed E-state index contributed by atoms with van der Waals surface area (Å²) < 4.78 is 10.4. The van der Waals surface area contributed by atoms with Crippen molar-refractivity contribution < 1.29 is 9.47 Å². The molecule has 5 heteroatoms. The smallest absolute Gasteiger partial charge is 0.133 e. The molecule has 5 nitrogen and oxygen atoms in total. The lowest BCUT2D eigenvalue weighted by Crippen LogP contribution is -2.33. The Balaban J connectivity index is 2.92. The maximum atomic E-state index is 5.20. The number of pyridine rings is 1. The van der Waals surface area contributed by atoms with Gasteiger partial charge < -0.3 is 19.7 Å². The Kier molecular flexibility index (Phi) is 8.18. The van der Waals surface area contributed by atoms with Crippen molar-refractivity contribution in [3.63, 3.8) is 0 Å². The number of hydrogen-bond donors (Lipinski definition) is 1. The summed E-state index contributed by atoms with van der Waals surface area (Å²) in [5.74, 6) is 1.01. The van der Waals surface area contributed by atoms with Crippen LogP contribution in [-0.4, -0.2) is 52.1 Å². The highest BCUT2D eigenvalue weighted by atomic mass is 16.5. The van der Waals surface area contributed by atoms with Gasteiger partial charge in [-0.1, -0.05) is 13.0 Å². The average Bonchev–Trinajstić information content (AvgIpc) is 2.48. The number of ether oxygens (including phenoxy) is 2. The SMILES string of the molecule is CCNC(C)c1cccnc1N(CCOC)CCOC. The molecule has 0 amide bonds. The van der Waals surface area contributed by atoms with E-state index >= 15 is 0 Å². The second kappa shape index (κ2) is 9.69. The van der Waals surface area contributed by atoms with Gasteiger partial charge in [0.25, 0.3) is 0 Å². The van der Waals surface area contributed by atoms with Crippen LogP contribution in [0.4, 0.5) is 5.82 Å². The van der Waals surface area contributed by atoms with Crippen LogP contribution in [0.25, 0.3) is 0 Å². The molecule has 0 saturated carbocycles. The first-order valence-corrected chi connectivity index (χ1v) is 7.15. The van der Waals surface area contributed by atoms with Gasteiger partial charge in [0.1, 0.15) is 5.82 Å². The van der Waals surface area contributed by atoms with Crippen LogP contribution in [0.15, 0.2) is 18.3 Å². The van der Waals surface area contributed by atoms with Crippen molar-refractivity contribution in [1.29, 1.82) is 0 Å². The highest BCUT2D eigenvalue weighted by molar-refractivity contribution is 5.48. The number of anilines is 1. The molecule has 0 saturated heterocycles. The molecular formula is C15H27N3O2. The third kappa shape index (κ3) is 5.07. The first-order valence-electron chi connectivity index (χ1n) is 7.15. The quantitative estimate of drug-likeness (QED) is 0.709. The summed E-state index contributed by atoms with van der Waals surface area (Å²) in [6.45, 7) is 8.18. The molecule has 114 valence electrons. The Morgan fingerprint density at radius 2 is 1.90 bits per heavy atom. The molecule has 1 aromatic heterocycles. The van der Waals surface area contributed by atoms with Crippen LogP contribution in [0.1, 0.15) is 25.5 Å². The number of methoxy groups -OCH3 is 2. The highest BCUT2D eigenvalue weighted by Gasteiger charge is 2.16. The topological polar surface area (TPSA) is 46.6 Å². The second-order valence-electron chi connectivity index (χ2n) is 4.67. The fraction of sp³-hybridized carbons (Fsp3) is 0.667. The molecule has 0 aliphatic heterocycles. The predicted molar refractivity (Wildman–Crippen MR) is 82.3 cm³/mol. The number of nitrogens with one attached hydrogen (secondary N) is 1. The van der Waals surface area contributed by atoms with E-state index in [0.717, 1.165) is 25.5 Å². The van der Waals surface area contributed by atoms with Gasteiger partial charge in [0.2, 0.25) is 0 Å². The maximum Gasteiger partial charge on any atom is 0.133 e. The third-order valence-corrected chi connectivity index (χ3v) is 3.22. The van der Waals surface area contributed by atoms with Gasteiger partial charge in [-0.3, -0.25) is 0 Å². The Hall–Kier alpha value is -1.17. The summed E-state index contributed by atoms with van der Waals surface area (Å²) >= 11 is 0. The van der Waals surface area contributed by atoms with Crippen molar-refractivity contribution in [2.75, 3.05) is 52.0 Å². The Bertz CT molecular complexity index is 366. The summed E-state index contributed by atoms with van der Waals surface area (Å²) in [6, 6.07) is 4.39. The van der Waals surface area contributed by atoms with Crippen molar-refractivity contribution in [3.05, 3.63) is 23.9 Å². The van der Waals surface area contributed by atoms with Gasteiger partial charge >= 0.3 is 0 Å². The van der Waals surface area contributed by atoms with Gasteiger partial charge in [-0.05, 0) is 19.5 Å². The summed E-state index contributed by atoms with van der Waals surface area (Å²) in [5, 5.41) is 3.44. The lowest BCUT2D eigenvalue weighted by atomic mass is 10.1. The van der Waals surface area contributed by atoms with Crippen LogP contribution in [0.3, 0.4) is 0 Å². The third-order valence-electron chi connectivity index (χ3n) is 3.22. The van der Waals surface area contributed by atoms with Gasteiger partial charge in [-0.15, -0.1) is 0 Å². The first-order chi connectivity index (χ1) is 9.74. The minimum atomic E-state index is 0.274. The Labute approximate surface area is 122 Å². The van der Waals surface area contributed by atoms with Gasteiger partial charge in [0.05, 0.1) is 13.2 Å². The van der Waals surface area contributed by atoms with Crippen molar-refractivity contribution in [3.8, 4) is 0 Å². The second-order valence-corrected chi connectivity index (χ2v) is 4.67. The van der Waals surface area contributed by atoms with Gasteiger partial charge in [-0.2, -0.15) is 0 Å². The molecule has 1 aromatic rings.